The summed E-state index contributed by atoms with van der Waals surface area (Å²) in [6, 6.07) is 8.90. The summed E-state index contributed by atoms with van der Waals surface area (Å²) in [5.74, 6) is 0.874. The Kier molecular flexibility index (Phi) is 6.46. The summed E-state index contributed by atoms with van der Waals surface area (Å²) in [6.45, 7) is 1.97. The van der Waals surface area contributed by atoms with Gasteiger partial charge in [0.2, 0.25) is 5.91 Å². The summed E-state index contributed by atoms with van der Waals surface area (Å²) in [4.78, 5) is 23.6. The van der Waals surface area contributed by atoms with Crippen LogP contribution >= 0.6 is 0 Å². The Labute approximate surface area is 158 Å². The van der Waals surface area contributed by atoms with E-state index in [9.17, 15) is 9.59 Å². The third kappa shape index (κ3) is 5.57. The lowest BCUT2D eigenvalue weighted by Crippen LogP contribution is -2.36. The maximum atomic E-state index is 12.2. The van der Waals surface area contributed by atoms with E-state index in [2.05, 4.69) is 15.8 Å². The Morgan fingerprint density at radius 2 is 1.93 bits per heavy atom. The number of nitrogens with zero attached hydrogens (tertiary/aromatic N) is 1. The van der Waals surface area contributed by atoms with Gasteiger partial charge in [-0.15, -0.1) is 0 Å². The molecule has 2 amide bonds. The standard InChI is InChI=1S/C20H25N3O4/c1-2-19(24)21-15-8-10-16(11-9-15)26-13-17-12-18(23-27-17)20(25)22-14-6-4-3-5-7-14/h8-12,14H,2-7,13H2,1H3,(H,21,24)(H,22,25). The second kappa shape index (κ2) is 9.21. The number of amides is 2. The minimum absolute atomic E-state index is 0.0376. The van der Waals surface area contributed by atoms with E-state index in [0.29, 0.717) is 17.9 Å². The number of anilines is 1. The van der Waals surface area contributed by atoms with Gasteiger partial charge in [-0.1, -0.05) is 31.3 Å². The first-order chi connectivity index (χ1) is 13.1. The van der Waals surface area contributed by atoms with Crippen molar-refractivity contribution in [3.8, 4) is 5.75 Å². The smallest absolute Gasteiger partial charge is 0.273 e. The molecule has 3 rings (SSSR count). The molecule has 0 spiro atoms. The van der Waals surface area contributed by atoms with Crippen LogP contribution in [-0.2, 0) is 11.4 Å². The van der Waals surface area contributed by atoms with Crippen LogP contribution in [0.25, 0.3) is 0 Å². The van der Waals surface area contributed by atoms with Crippen molar-refractivity contribution in [3.63, 3.8) is 0 Å². The van der Waals surface area contributed by atoms with Crippen LogP contribution in [0, 0.1) is 0 Å². The molecule has 2 aromatic rings. The molecule has 0 unspecified atom stereocenters. The molecule has 0 bridgehead atoms. The average Bonchev–Trinajstić information content (AvgIpc) is 3.17. The molecule has 1 aromatic carbocycles. The quantitative estimate of drug-likeness (QED) is 0.775. The van der Waals surface area contributed by atoms with Crippen LogP contribution < -0.4 is 15.4 Å². The Morgan fingerprint density at radius 1 is 1.19 bits per heavy atom. The zero-order valence-electron chi connectivity index (χ0n) is 15.5. The lowest BCUT2D eigenvalue weighted by atomic mass is 9.95. The number of carbonyl (C=O) groups is 2. The van der Waals surface area contributed by atoms with E-state index >= 15 is 0 Å². The molecular weight excluding hydrogens is 346 g/mol. The Balaban J connectivity index is 1.48. The van der Waals surface area contributed by atoms with Gasteiger partial charge in [-0.3, -0.25) is 9.59 Å². The Bertz CT molecular complexity index is 764. The summed E-state index contributed by atoms with van der Waals surface area (Å²) < 4.78 is 10.8. The van der Waals surface area contributed by atoms with Crippen molar-refractivity contribution in [1.29, 1.82) is 0 Å². The van der Waals surface area contributed by atoms with E-state index in [0.717, 1.165) is 31.4 Å². The molecule has 1 saturated carbocycles. The fraction of sp³-hybridized carbons (Fsp3) is 0.450. The largest absolute Gasteiger partial charge is 0.486 e. The van der Waals surface area contributed by atoms with Gasteiger partial charge in [-0.25, -0.2) is 0 Å². The molecule has 0 atom stereocenters. The maximum absolute atomic E-state index is 12.2. The lowest BCUT2D eigenvalue weighted by Gasteiger charge is -2.22. The monoisotopic (exact) mass is 371 g/mol. The topological polar surface area (TPSA) is 93.5 Å². The highest BCUT2D eigenvalue weighted by atomic mass is 16.5. The van der Waals surface area contributed by atoms with E-state index in [1.54, 1.807) is 37.3 Å². The molecule has 0 saturated heterocycles. The highest BCUT2D eigenvalue weighted by Crippen LogP contribution is 2.19. The van der Waals surface area contributed by atoms with Crippen LogP contribution in [0.2, 0.25) is 0 Å². The molecule has 1 heterocycles. The van der Waals surface area contributed by atoms with E-state index in [4.69, 9.17) is 9.26 Å². The van der Waals surface area contributed by atoms with Gasteiger partial charge >= 0.3 is 0 Å². The van der Waals surface area contributed by atoms with Gasteiger partial charge < -0.3 is 19.9 Å². The van der Waals surface area contributed by atoms with Gasteiger partial charge in [0, 0.05) is 24.2 Å². The number of benzene rings is 1. The van der Waals surface area contributed by atoms with Crippen LogP contribution in [0.15, 0.2) is 34.9 Å². The third-order valence-corrected chi connectivity index (χ3v) is 4.57. The van der Waals surface area contributed by atoms with Gasteiger partial charge in [0.05, 0.1) is 0 Å². The number of hydrogen-bond donors (Lipinski definition) is 2. The predicted octanol–water partition coefficient (Wildman–Crippen LogP) is 3.66. The SMILES string of the molecule is CCC(=O)Nc1ccc(OCc2cc(C(=O)NC3CCCCC3)no2)cc1. The van der Waals surface area contributed by atoms with Crippen LogP contribution in [0.5, 0.6) is 5.75 Å². The fourth-order valence-electron chi connectivity index (χ4n) is 3.03. The molecule has 0 aliphatic heterocycles. The highest BCUT2D eigenvalue weighted by Gasteiger charge is 2.19. The van der Waals surface area contributed by atoms with Crippen LogP contribution in [0.1, 0.15) is 61.7 Å². The van der Waals surface area contributed by atoms with Crippen molar-refractivity contribution in [2.24, 2.45) is 0 Å². The van der Waals surface area contributed by atoms with E-state index in [1.165, 1.54) is 6.42 Å². The molecule has 144 valence electrons. The normalized spacial score (nSPS) is 14.6. The van der Waals surface area contributed by atoms with Gasteiger partial charge in [-0.05, 0) is 37.1 Å². The number of hydrogen-bond acceptors (Lipinski definition) is 5. The summed E-state index contributed by atoms with van der Waals surface area (Å²) in [5, 5.41) is 9.62. The van der Waals surface area contributed by atoms with Crippen molar-refractivity contribution < 1.29 is 18.8 Å². The number of carbonyl (C=O) groups excluding carboxylic acids is 2. The molecule has 0 radical (unpaired) electrons. The van der Waals surface area contributed by atoms with Crippen molar-refractivity contribution in [1.82, 2.24) is 10.5 Å². The van der Waals surface area contributed by atoms with Gasteiger partial charge in [-0.2, -0.15) is 0 Å². The van der Waals surface area contributed by atoms with E-state index < -0.39 is 0 Å². The summed E-state index contributed by atoms with van der Waals surface area (Å²) in [6.07, 6.45) is 6.03. The number of nitrogens with one attached hydrogen (secondary N) is 2. The van der Waals surface area contributed by atoms with Crippen LogP contribution in [0.4, 0.5) is 5.69 Å². The van der Waals surface area contributed by atoms with Gasteiger partial charge in [0.25, 0.3) is 5.91 Å². The number of ether oxygens (including phenoxy) is 1. The van der Waals surface area contributed by atoms with E-state index in [-0.39, 0.29) is 30.2 Å². The molecule has 1 aliphatic carbocycles. The lowest BCUT2D eigenvalue weighted by molar-refractivity contribution is -0.115. The Hall–Kier alpha value is -2.83. The fourth-order valence-corrected chi connectivity index (χ4v) is 3.03. The molecule has 27 heavy (non-hydrogen) atoms. The van der Waals surface area contributed by atoms with Crippen molar-refractivity contribution in [2.45, 2.75) is 58.1 Å². The zero-order chi connectivity index (χ0) is 19.1. The summed E-state index contributed by atoms with van der Waals surface area (Å²) in [7, 11) is 0. The molecule has 1 aliphatic rings. The van der Waals surface area contributed by atoms with Crippen LogP contribution in [0.3, 0.4) is 0 Å². The maximum Gasteiger partial charge on any atom is 0.273 e. The van der Waals surface area contributed by atoms with E-state index in [1.807, 2.05) is 0 Å². The third-order valence-electron chi connectivity index (χ3n) is 4.57. The molecule has 1 aromatic heterocycles. The number of aromatic nitrogens is 1. The first-order valence-corrected chi connectivity index (χ1v) is 9.43. The van der Waals surface area contributed by atoms with Gasteiger partial charge in [0.15, 0.2) is 11.5 Å². The summed E-state index contributed by atoms with van der Waals surface area (Å²) >= 11 is 0. The molecule has 7 heteroatoms. The first-order valence-electron chi connectivity index (χ1n) is 9.43. The highest BCUT2D eigenvalue weighted by molar-refractivity contribution is 5.92. The van der Waals surface area contributed by atoms with Crippen molar-refractivity contribution in [3.05, 3.63) is 41.8 Å². The number of rotatable bonds is 7. The molecule has 1 fully saturated rings. The van der Waals surface area contributed by atoms with Crippen LogP contribution in [-0.4, -0.2) is 23.0 Å². The minimum Gasteiger partial charge on any atom is -0.486 e. The molecule has 2 N–H and O–H groups in total. The zero-order valence-corrected chi connectivity index (χ0v) is 15.5. The second-order valence-electron chi connectivity index (χ2n) is 6.70. The molecule has 7 nitrogen and oxygen atoms in total. The van der Waals surface area contributed by atoms with Crippen molar-refractivity contribution >= 4 is 17.5 Å². The van der Waals surface area contributed by atoms with Crippen molar-refractivity contribution in [2.75, 3.05) is 5.32 Å². The predicted molar refractivity (Wildman–Crippen MR) is 101 cm³/mol. The average molecular weight is 371 g/mol. The first kappa shape index (κ1) is 18.9. The molecular formula is C20H25N3O4. The minimum atomic E-state index is -0.201. The second-order valence-corrected chi connectivity index (χ2v) is 6.70. The van der Waals surface area contributed by atoms with Gasteiger partial charge in [0.1, 0.15) is 12.4 Å². The Morgan fingerprint density at radius 3 is 2.63 bits per heavy atom. The summed E-state index contributed by atoms with van der Waals surface area (Å²) in [5.41, 5.74) is 0.993.